The molecule has 7 nitrogen and oxygen atoms in total. The van der Waals surface area contributed by atoms with Gasteiger partial charge in [-0.05, 0) is 47.4 Å². The molecule has 0 bridgehead atoms. The third kappa shape index (κ3) is 5.74. The molecule has 0 radical (unpaired) electrons. The van der Waals surface area contributed by atoms with Crippen LogP contribution in [0.4, 0.5) is 22.0 Å². The molecule has 0 aliphatic carbocycles. The van der Waals surface area contributed by atoms with E-state index in [1.54, 1.807) is 67.6 Å². The van der Waals surface area contributed by atoms with Crippen LogP contribution in [-0.2, 0) is 6.54 Å². The summed E-state index contributed by atoms with van der Waals surface area (Å²) in [6.07, 6.45) is -3.10. The second kappa shape index (κ2) is 11.0. The van der Waals surface area contributed by atoms with Gasteiger partial charge in [-0.25, -0.2) is 13.6 Å². The fraction of sp³-hybridized carbons (Fsp3) is 0.0938. The highest BCUT2D eigenvalue weighted by atomic mass is 19.4. The van der Waals surface area contributed by atoms with Crippen molar-refractivity contribution in [2.24, 2.45) is 0 Å². The summed E-state index contributed by atoms with van der Waals surface area (Å²) in [7, 11) is 0. The number of nitrogens with one attached hydrogen (secondary N) is 1. The van der Waals surface area contributed by atoms with Gasteiger partial charge in [0.05, 0.1) is 22.3 Å². The molecule has 222 valence electrons. The number of nitrogens with zero attached hydrogens (tertiary/aromatic N) is 3. The van der Waals surface area contributed by atoms with Crippen molar-refractivity contribution in [1.82, 2.24) is 19.7 Å². The summed E-state index contributed by atoms with van der Waals surface area (Å²) < 4.78 is 75.1. The number of carboxylic acids is 1. The van der Waals surface area contributed by atoms with E-state index in [1.165, 1.54) is 18.3 Å². The van der Waals surface area contributed by atoms with Crippen LogP contribution in [0.3, 0.4) is 0 Å². The summed E-state index contributed by atoms with van der Waals surface area (Å²) in [6, 6.07) is 20.4. The van der Waals surface area contributed by atoms with Gasteiger partial charge in [0, 0.05) is 17.8 Å². The molecule has 12 heteroatoms. The summed E-state index contributed by atoms with van der Waals surface area (Å²) in [6.45, 7) is 0.463. The van der Waals surface area contributed by atoms with Gasteiger partial charge in [0.25, 0.3) is 6.01 Å². The minimum Gasteiger partial charge on any atom is -0.478 e. The Balaban J connectivity index is 1.23. The van der Waals surface area contributed by atoms with Crippen LogP contribution in [-0.4, -0.2) is 37.0 Å². The molecule has 2 aromatic heterocycles. The Hall–Kier alpha value is -5.52. The van der Waals surface area contributed by atoms with Crippen molar-refractivity contribution < 1.29 is 36.6 Å². The van der Waals surface area contributed by atoms with E-state index >= 15 is 8.78 Å². The van der Waals surface area contributed by atoms with E-state index in [4.69, 9.17) is 4.74 Å². The second-order valence-electron chi connectivity index (χ2n) is 10.0. The molecular weight excluding hydrogens is 583 g/mol. The van der Waals surface area contributed by atoms with Crippen LogP contribution in [0.5, 0.6) is 11.8 Å². The Morgan fingerprint density at radius 3 is 2.18 bits per heavy atom. The summed E-state index contributed by atoms with van der Waals surface area (Å²) in [5, 5.41) is 13.3. The van der Waals surface area contributed by atoms with E-state index in [-0.39, 0.29) is 39.5 Å². The highest BCUT2D eigenvalue weighted by Crippen LogP contribution is 2.34. The topological polar surface area (TPSA) is 93.0 Å². The van der Waals surface area contributed by atoms with Gasteiger partial charge in [-0.2, -0.15) is 23.3 Å². The molecule has 0 fully saturated rings. The van der Waals surface area contributed by atoms with Gasteiger partial charge in [-0.3, -0.25) is 4.68 Å². The number of rotatable bonds is 7. The van der Waals surface area contributed by atoms with Crippen molar-refractivity contribution in [3.8, 4) is 45.3 Å². The second-order valence-corrected chi connectivity index (χ2v) is 10.0. The standard InChI is InChI=1S/C32H21F5N4O3/c1-17-2-11-22(14-23(17)30(42)43)44-31-38-26-15-24(33)27(28(34)29(26)39-31)21-9-5-19(6-10-21)18-3-7-20(8-4-18)25-12-13-41(40-25)16-32(35,36)37/h2-15H,16H2,1H3,(H,38,39)(H,42,43). The molecule has 0 saturated carbocycles. The zero-order chi connectivity index (χ0) is 31.2. The fourth-order valence-electron chi connectivity index (χ4n) is 4.83. The number of aryl methyl sites for hydroxylation is 1. The molecule has 0 unspecified atom stereocenters. The first-order valence-electron chi connectivity index (χ1n) is 13.2. The molecule has 0 atom stereocenters. The van der Waals surface area contributed by atoms with Crippen molar-refractivity contribution in [3.05, 3.63) is 108 Å². The Labute approximate surface area is 246 Å². The number of aromatic carboxylic acids is 1. The van der Waals surface area contributed by atoms with Crippen molar-refractivity contribution in [1.29, 1.82) is 0 Å². The van der Waals surface area contributed by atoms with Crippen molar-refractivity contribution in [2.75, 3.05) is 0 Å². The van der Waals surface area contributed by atoms with Gasteiger partial charge in [-0.15, -0.1) is 0 Å². The molecule has 2 N–H and O–H groups in total. The van der Waals surface area contributed by atoms with Crippen molar-refractivity contribution >= 4 is 17.0 Å². The van der Waals surface area contributed by atoms with Crippen LogP contribution in [0.2, 0.25) is 0 Å². The molecule has 0 amide bonds. The third-order valence-corrected chi connectivity index (χ3v) is 6.97. The lowest BCUT2D eigenvalue weighted by Gasteiger charge is -2.08. The summed E-state index contributed by atoms with van der Waals surface area (Å²) >= 11 is 0. The Bertz CT molecular complexity index is 2010. The number of imidazole rings is 1. The number of halogens is 5. The molecular formula is C32H21F5N4O3. The molecule has 6 aromatic rings. The lowest BCUT2D eigenvalue weighted by molar-refractivity contribution is -0.142. The predicted molar refractivity (Wildman–Crippen MR) is 152 cm³/mol. The number of aromatic amines is 1. The number of benzene rings is 4. The van der Waals surface area contributed by atoms with Crippen LogP contribution in [0.25, 0.3) is 44.5 Å². The Morgan fingerprint density at radius 2 is 1.55 bits per heavy atom. The van der Waals surface area contributed by atoms with Gasteiger partial charge >= 0.3 is 12.1 Å². The number of alkyl halides is 3. The maximum absolute atomic E-state index is 15.6. The summed E-state index contributed by atoms with van der Waals surface area (Å²) in [4.78, 5) is 18.3. The van der Waals surface area contributed by atoms with Gasteiger partial charge in [-0.1, -0.05) is 54.6 Å². The van der Waals surface area contributed by atoms with E-state index < -0.39 is 30.3 Å². The average molecular weight is 605 g/mol. The first-order valence-corrected chi connectivity index (χ1v) is 13.2. The van der Waals surface area contributed by atoms with Crippen LogP contribution in [0.15, 0.2) is 85.1 Å². The number of carbonyl (C=O) groups is 1. The average Bonchev–Trinajstić information content (AvgIpc) is 3.60. The quantitative estimate of drug-likeness (QED) is 0.179. The number of ether oxygens (including phenoxy) is 1. The SMILES string of the molecule is Cc1ccc(Oc2nc3c(F)c(-c4ccc(-c5ccc(-c6ccn(CC(F)(F)F)n6)cc5)cc4)c(F)cc3[nH]2)cc1C(=O)O. The van der Waals surface area contributed by atoms with Gasteiger partial charge in [0.1, 0.15) is 23.6 Å². The summed E-state index contributed by atoms with van der Waals surface area (Å²) in [5.41, 5.74) is 3.03. The monoisotopic (exact) mass is 604 g/mol. The first-order chi connectivity index (χ1) is 20.9. The lowest BCUT2D eigenvalue weighted by Crippen LogP contribution is -2.17. The van der Waals surface area contributed by atoms with Crippen molar-refractivity contribution in [3.63, 3.8) is 0 Å². The molecule has 0 saturated heterocycles. The smallest absolute Gasteiger partial charge is 0.408 e. The number of hydrogen-bond acceptors (Lipinski definition) is 4. The van der Waals surface area contributed by atoms with Crippen molar-refractivity contribution in [2.45, 2.75) is 19.6 Å². The molecule has 2 heterocycles. The zero-order valence-corrected chi connectivity index (χ0v) is 22.8. The van der Waals surface area contributed by atoms with Crippen LogP contribution >= 0.6 is 0 Å². The number of carboxylic acid groups (broad SMARTS) is 1. The van der Waals surface area contributed by atoms with Gasteiger partial charge in [0.15, 0.2) is 5.82 Å². The predicted octanol–water partition coefficient (Wildman–Crippen LogP) is 8.40. The maximum Gasteiger partial charge on any atom is 0.408 e. The number of hydrogen-bond donors (Lipinski definition) is 2. The molecule has 4 aromatic carbocycles. The highest BCUT2D eigenvalue weighted by molar-refractivity contribution is 5.90. The number of H-pyrrole nitrogens is 1. The van der Waals surface area contributed by atoms with Gasteiger partial charge in [0.2, 0.25) is 0 Å². The minimum absolute atomic E-state index is 0.0362. The normalized spacial score (nSPS) is 11.7. The van der Waals surface area contributed by atoms with Crippen LogP contribution < -0.4 is 4.74 Å². The van der Waals surface area contributed by atoms with E-state index in [0.29, 0.717) is 16.8 Å². The van der Waals surface area contributed by atoms with E-state index in [0.717, 1.165) is 21.9 Å². The van der Waals surface area contributed by atoms with Crippen LogP contribution in [0, 0.1) is 18.6 Å². The fourth-order valence-corrected chi connectivity index (χ4v) is 4.83. The van der Waals surface area contributed by atoms with E-state index in [1.807, 2.05) is 0 Å². The molecule has 0 aliphatic rings. The van der Waals surface area contributed by atoms with E-state index in [2.05, 4.69) is 15.1 Å². The molecule has 6 rings (SSSR count). The molecule has 44 heavy (non-hydrogen) atoms. The summed E-state index contributed by atoms with van der Waals surface area (Å²) in [5.74, 6) is -2.69. The molecule has 0 spiro atoms. The molecule has 0 aliphatic heterocycles. The number of fused-ring (bicyclic) bond motifs is 1. The van der Waals surface area contributed by atoms with E-state index in [9.17, 15) is 23.1 Å². The highest BCUT2D eigenvalue weighted by Gasteiger charge is 2.28. The maximum atomic E-state index is 15.6. The lowest BCUT2D eigenvalue weighted by atomic mass is 9.98. The zero-order valence-electron chi connectivity index (χ0n) is 22.8. The first kappa shape index (κ1) is 28.6. The van der Waals surface area contributed by atoms with Gasteiger partial charge < -0.3 is 14.8 Å². The Kier molecular flexibility index (Phi) is 7.12. The number of aromatic nitrogens is 4. The largest absolute Gasteiger partial charge is 0.478 e. The third-order valence-electron chi connectivity index (χ3n) is 6.97. The Morgan fingerprint density at radius 1 is 0.909 bits per heavy atom. The minimum atomic E-state index is -4.37. The van der Waals surface area contributed by atoms with Crippen LogP contribution in [0.1, 0.15) is 15.9 Å².